The third-order valence-corrected chi connectivity index (χ3v) is 3.43. The molecular weight excluding hydrogens is 270 g/mol. The van der Waals surface area contributed by atoms with E-state index in [1.807, 2.05) is 6.92 Å². The summed E-state index contributed by atoms with van der Waals surface area (Å²) in [5.41, 5.74) is 0.142. The van der Waals surface area contributed by atoms with Crippen molar-refractivity contribution in [1.29, 1.82) is 0 Å². The highest BCUT2D eigenvalue weighted by atomic mass is 79.9. The van der Waals surface area contributed by atoms with Crippen LogP contribution in [-0.4, -0.2) is 30.0 Å². The van der Waals surface area contributed by atoms with E-state index in [1.54, 1.807) is 0 Å². The first kappa shape index (κ1) is 14.0. The van der Waals surface area contributed by atoms with Crippen molar-refractivity contribution in [2.75, 3.05) is 11.9 Å². The molecule has 4 heteroatoms. The summed E-state index contributed by atoms with van der Waals surface area (Å²) >= 11 is 3.43. The largest absolute Gasteiger partial charge is 0.365 e. The zero-order valence-corrected chi connectivity index (χ0v) is 12.0. The summed E-state index contributed by atoms with van der Waals surface area (Å²) in [6.45, 7) is 7.05. The molecular formula is C12H22BrNO2. The van der Waals surface area contributed by atoms with Gasteiger partial charge in [-0.1, -0.05) is 29.8 Å². The van der Waals surface area contributed by atoms with Gasteiger partial charge in [-0.2, -0.15) is 0 Å². The summed E-state index contributed by atoms with van der Waals surface area (Å²) in [7, 11) is 0. The monoisotopic (exact) mass is 291 g/mol. The Hall–Kier alpha value is -0.0900. The van der Waals surface area contributed by atoms with Crippen LogP contribution in [0, 0.1) is 5.41 Å². The molecule has 0 aromatic heterocycles. The Bertz CT molecular complexity index is 243. The summed E-state index contributed by atoms with van der Waals surface area (Å²) < 4.78 is 5.53. The minimum atomic E-state index is -0.227. The van der Waals surface area contributed by atoms with Gasteiger partial charge in [-0.15, -0.1) is 0 Å². The standard InChI is InChI=1S/C12H22BrNO2/c1-9-4-5-10(16-9)11(15)14-8-12(2,3)6-7-13/h9-10H,4-8H2,1-3H3,(H,14,15). The molecule has 0 aromatic rings. The number of ether oxygens (including phenoxy) is 1. The molecule has 2 unspecified atom stereocenters. The second kappa shape index (κ2) is 6.01. The Morgan fingerprint density at radius 3 is 2.69 bits per heavy atom. The van der Waals surface area contributed by atoms with Gasteiger partial charge in [0.1, 0.15) is 6.10 Å². The molecule has 0 aliphatic carbocycles. The third-order valence-electron chi connectivity index (χ3n) is 3.04. The summed E-state index contributed by atoms with van der Waals surface area (Å²) in [5, 5.41) is 3.95. The van der Waals surface area contributed by atoms with Gasteiger partial charge in [-0.3, -0.25) is 4.79 Å². The van der Waals surface area contributed by atoms with E-state index in [0.29, 0.717) is 6.54 Å². The van der Waals surface area contributed by atoms with Crippen LogP contribution in [0.1, 0.15) is 40.0 Å². The molecule has 0 aromatic carbocycles. The van der Waals surface area contributed by atoms with E-state index in [1.165, 1.54) is 0 Å². The highest BCUT2D eigenvalue weighted by Crippen LogP contribution is 2.22. The predicted octanol–water partition coefficient (Wildman–Crippen LogP) is 2.48. The van der Waals surface area contributed by atoms with Crippen molar-refractivity contribution in [1.82, 2.24) is 5.32 Å². The summed E-state index contributed by atoms with van der Waals surface area (Å²) in [6.07, 6.45) is 2.89. The van der Waals surface area contributed by atoms with Gasteiger partial charge in [-0.25, -0.2) is 0 Å². The van der Waals surface area contributed by atoms with E-state index < -0.39 is 0 Å². The van der Waals surface area contributed by atoms with Gasteiger partial charge in [0.2, 0.25) is 5.91 Å². The van der Waals surface area contributed by atoms with Crippen LogP contribution in [0.3, 0.4) is 0 Å². The van der Waals surface area contributed by atoms with Gasteiger partial charge < -0.3 is 10.1 Å². The van der Waals surface area contributed by atoms with Crippen molar-refractivity contribution in [3.63, 3.8) is 0 Å². The average Bonchev–Trinajstić information content (AvgIpc) is 2.61. The van der Waals surface area contributed by atoms with Gasteiger partial charge in [0.25, 0.3) is 0 Å². The van der Waals surface area contributed by atoms with Crippen LogP contribution >= 0.6 is 15.9 Å². The fraction of sp³-hybridized carbons (Fsp3) is 0.917. The Kier molecular flexibility index (Phi) is 5.25. The summed E-state index contributed by atoms with van der Waals surface area (Å²) in [4.78, 5) is 11.8. The first-order valence-corrected chi connectivity index (χ1v) is 7.06. The maximum atomic E-state index is 11.8. The highest BCUT2D eigenvalue weighted by molar-refractivity contribution is 9.09. The van der Waals surface area contributed by atoms with Crippen molar-refractivity contribution in [2.45, 2.75) is 52.2 Å². The number of alkyl halides is 1. The molecule has 0 saturated carbocycles. The molecule has 1 aliphatic heterocycles. The number of hydrogen-bond donors (Lipinski definition) is 1. The number of rotatable bonds is 5. The Morgan fingerprint density at radius 1 is 1.50 bits per heavy atom. The van der Waals surface area contributed by atoms with Gasteiger partial charge in [0.05, 0.1) is 6.10 Å². The number of carbonyl (C=O) groups excluding carboxylic acids is 1. The SMILES string of the molecule is CC1CCC(C(=O)NCC(C)(C)CCBr)O1. The fourth-order valence-electron chi connectivity index (χ4n) is 1.78. The first-order chi connectivity index (χ1) is 7.44. The van der Waals surface area contributed by atoms with Crippen LogP contribution < -0.4 is 5.32 Å². The maximum Gasteiger partial charge on any atom is 0.249 e. The molecule has 1 saturated heterocycles. The number of carbonyl (C=O) groups is 1. The van der Waals surface area contributed by atoms with Crippen LogP contribution in [0.15, 0.2) is 0 Å². The molecule has 1 aliphatic rings. The molecule has 0 bridgehead atoms. The molecule has 0 radical (unpaired) electrons. The lowest BCUT2D eigenvalue weighted by Crippen LogP contribution is -2.40. The molecule has 1 heterocycles. The van der Waals surface area contributed by atoms with Crippen LogP contribution in [0.5, 0.6) is 0 Å². The molecule has 1 N–H and O–H groups in total. The number of halogens is 1. The smallest absolute Gasteiger partial charge is 0.249 e. The normalized spacial score (nSPS) is 25.8. The van der Waals surface area contributed by atoms with Crippen molar-refractivity contribution < 1.29 is 9.53 Å². The van der Waals surface area contributed by atoms with Gasteiger partial charge in [-0.05, 0) is 31.6 Å². The Morgan fingerprint density at radius 2 is 2.19 bits per heavy atom. The number of nitrogens with one attached hydrogen (secondary N) is 1. The van der Waals surface area contributed by atoms with Crippen molar-refractivity contribution in [3.05, 3.63) is 0 Å². The molecule has 2 atom stereocenters. The number of hydrogen-bond acceptors (Lipinski definition) is 2. The van der Waals surface area contributed by atoms with Gasteiger partial charge in [0, 0.05) is 11.9 Å². The predicted molar refractivity (Wildman–Crippen MR) is 68.8 cm³/mol. The molecule has 0 spiro atoms. The van der Waals surface area contributed by atoms with E-state index in [4.69, 9.17) is 4.74 Å². The van der Waals surface area contributed by atoms with E-state index in [9.17, 15) is 4.79 Å². The topological polar surface area (TPSA) is 38.3 Å². The summed E-state index contributed by atoms with van der Waals surface area (Å²) in [6, 6.07) is 0. The second-order valence-corrected chi connectivity index (χ2v) is 6.13. The minimum absolute atomic E-state index is 0.0481. The van der Waals surface area contributed by atoms with Crippen molar-refractivity contribution in [3.8, 4) is 0 Å². The molecule has 1 fully saturated rings. The first-order valence-electron chi connectivity index (χ1n) is 5.94. The quantitative estimate of drug-likeness (QED) is 0.791. The lowest BCUT2D eigenvalue weighted by Gasteiger charge is -2.24. The highest BCUT2D eigenvalue weighted by Gasteiger charge is 2.29. The molecule has 16 heavy (non-hydrogen) atoms. The minimum Gasteiger partial charge on any atom is -0.365 e. The van der Waals surface area contributed by atoms with E-state index in [-0.39, 0.29) is 23.5 Å². The lowest BCUT2D eigenvalue weighted by molar-refractivity contribution is -0.132. The van der Waals surface area contributed by atoms with Crippen molar-refractivity contribution >= 4 is 21.8 Å². The average molecular weight is 292 g/mol. The van der Waals surface area contributed by atoms with Crippen LogP contribution in [-0.2, 0) is 9.53 Å². The fourth-order valence-corrected chi connectivity index (χ4v) is 2.85. The van der Waals surface area contributed by atoms with Gasteiger partial charge in [0.15, 0.2) is 0 Å². The van der Waals surface area contributed by atoms with E-state index >= 15 is 0 Å². The molecule has 1 amide bonds. The number of amides is 1. The maximum absolute atomic E-state index is 11.8. The molecule has 1 rings (SSSR count). The van der Waals surface area contributed by atoms with Crippen LogP contribution in [0.4, 0.5) is 0 Å². The zero-order valence-electron chi connectivity index (χ0n) is 10.4. The molecule has 94 valence electrons. The van der Waals surface area contributed by atoms with Crippen molar-refractivity contribution in [2.24, 2.45) is 5.41 Å². The lowest BCUT2D eigenvalue weighted by atomic mass is 9.90. The molecule has 3 nitrogen and oxygen atoms in total. The van der Waals surface area contributed by atoms with Crippen LogP contribution in [0.25, 0.3) is 0 Å². The third kappa shape index (κ3) is 4.42. The Labute approximate surface area is 106 Å². The van der Waals surface area contributed by atoms with E-state index in [0.717, 1.165) is 24.6 Å². The summed E-state index contributed by atoms with van der Waals surface area (Å²) in [5.74, 6) is 0.0481. The van der Waals surface area contributed by atoms with Gasteiger partial charge >= 0.3 is 0 Å². The van der Waals surface area contributed by atoms with E-state index in [2.05, 4.69) is 35.1 Å². The second-order valence-electron chi connectivity index (χ2n) is 5.33. The zero-order chi connectivity index (χ0) is 12.2. The Balaban J connectivity index is 2.29. The van der Waals surface area contributed by atoms with Crippen LogP contribution in [0.2, 0.25) is 0 Å².